The highest BCUT2D eigenvalue weighted by atomic mass is 16.5. The van der Waals surface area contributed by atoms with E-state index in [2.05, 4.69) is 21.8 Å². The number of ether oxygens (including phenoxy) is 1. The van der Waals surface area contributed by atoms with Gasteiger partial charge in [-0.25, -0.2) is 9.97 Å². The van der Waals surface area contributed by atoms with Crippen LogP contribution in [0.25, 0.3) is 0 Å². The van der Waals surface area contributed by atoms with Crippen molar-refractivity contribution in [3.63, 3.8) is 0 Å². The Bertz CT molecular complexity index is 408. The van der Waals surface area contributed by atoms with Crippen molar-refractivity contribution in [2.24, 2.45) is 0 Å². The van der Waals surface area contributed by atoms with E-state index in [1.807, 2.05) is 6.92 Å². The van der Waals surface area contributed by atoms with Crippen molar-refractivity contribution >= 4 is 11.6 Å². The third-order valence-electron chi connectivity index (χ3n) is 3.54. The molecule has 0 saturated carbocycles. The molecule has 1 saturated heterocycles. The van der Waals surface area contributed by atoms with Gasteiger partial charge in [-0.3, -0.25) is 0 Å². The molecule has 0 aliphatic carbocycles. The van der Waals surface area contributed by atoms with E-state index in [0.717, 1.165) is 56.8 Å². The topological polar surface area (TPSA) is 64.3 Å². The van der Waals surface area contributed by atoms with E-state index >= 15 is 0 Å². The number of hydrogen-bond acceptors (Lipinski definition) is 5. The third-order valence-corrected chi connectivity index (χ3v) is 3.54. The second-order valence-electron chi connectivity index (χ2n) is 4.98. The van der Waals surface area contributed by atoms with Gasteiger partial charge in [-0.2, -0.15) is 0 Å². The SMILES string of the molecule is CCCc1c(N)ncnc1N1CCCC(OCC)C1. The zero-order valence-corrected chi connectivity index (χ0v) is 11.9. The van der Waals surface area contributed by atoms with Gasteiger partial charge in [-0.05, 0) is 26.2 Å². The van der Waals surface area contributed by atoms with Gasteiger partial charge < -0.3 is 15.4 Å². The van der Waals surface area contributed by atoms with Gasteiger partial charge >= 0.3 is 0 Å². The molecule has 0 amide bonds. The van der Waals surface area contributed by atoms with Crippen LogP contribution in [0.2, 0.25) is 0 Å². The highest BCUT2D eigenvalue weighted by Crippen LogP contribution is 2.26. The van der Waals surface area contributed by atoms with E-state index < -0.39 is 0 Å². The summed E-state index contributed by atoms with van der Waals surface area (Å²) in [5.41, 5.74) is 7.08. The first-order valence-electron chi connectivity index (χ1n) is 7.22. The maximum Gasteiger partial charge on any atom is 0.137 e. The van der Waals surface area contributed by atoms with Crippen molar-refractivity contribution in [2.45, 2.75) is 45.6 Å². The highest BCUT2D eigenvalue weighted by molar-refractivity contribution is 5.57. The Morgan fingerprint density at radius 2 is 2.26 bits per heavy atom. The molecule has 1 fully saturated rings. The number of hydrogen-bond donors (Lipinski definition) is 1. The lowest BCUT2D eigenvalue weighted by atomic mass is 10.1. The predicted octanol–water partition coefficient (Wildman–Crippen LogP) is 2.02. The van der Waals surface area contributed by atoms with Crippen LogP contribution in [0.3, 0.4) is 0 Å². The minimum atomic E-state index is 0.310. The Hall–Kier alpha value is -1.36. The summed E-state index contributed by atoms with van der Waals surface area (Å²) < 4.78 is 5.75. The van der Waals surface area contributed by atoms with Crippen molar-refractivity contribution in [3.05, 3.63) is 11.9 Å². The van der Waals surface area contributed by atoms with Crippen LogP contribution in [0.1, 0.15) is 38.7 Å². The van der Waals surface area contributed by atoms with Gasteiger partial charge in [0.05, 0.1) is 6.10 Å². The molecule has 1 aliphatic rings. The molecular weight excluding hydrogens is 240 g/mol. The average Bonchev–Trinajstić information content (AvgIpc) is 2.42. The number of rotatable bonds is 5. The molecular formula is C14H24N4O. The van der Waals surface area contributed by atoms with E-state index in [4.69, 9.17) is 10.5 Å². The summed E-state index contributed by atoms with van der Waals surface area (Å²) in [5, 5.41) is 0. The fraction of sp³-hybridized carbons (Fsp3) is 0.714. The van der Waals surface area contributed by atoms with Gasteiger partial charge in [0.1, 0.15) is 18.0 Å². The van der Waals surface area contributed by atoms with Crippen molar-refractivity contribution < 1.29 is 4.74 Å². The quantitative estimate of drug-likeness (QED) is 0.881. The van der Waals surface area contributed by atoms with Gasteiger partial charge in [-0.15, -0.1) is 0 Å². The number of piperidine rings is 1. The summed E-state index contributed by atoms with van der Waals surface area (Å²) in [7, 11) is 0. The molecule has 1 aliphatic heterocycles. The monoisotopic (exact) mass is 264 g/mol. The Kier molecular flexibility index (Phi) is 4.96. The molecule has 2 heterocycles. The normalized spacial score (nSPS) is 19.7. The summed E-state index contributed by atoms with van der Waals surface area (Å²) in [6, 6.07) is 0. The standard InChI is InChI=1S/C14H24N4O/c1-3-6-12-13(15)16-10-17-14(12)18-8-5-7-11(9-18)19-4-2/h10-11H,3-9H2,1-2H3,(H2,15,16,17). The molecule has 0 bridgehead atoms. The molecule has 106 valence electrons. The molecule has 1 atom stereocenters. The number of nitrogens with two attached hydrogens (primary N) is 1. The van der Waals surface area contributed by atoms with Crippen LogP contribution in [-0.2, 0) is 11.2 Å². The van der Waals surface area contributed by atoms with Crippen molar-refractivity contribution in [1.29, 1.82) is 0 Å². The van der Waals surface area contributed by atoms with Crippen molar-refractivity contribution in [3.8, 4) is 0 Å². The first-order chi connectivity index (χ1) is 9.26. The molecule has 5 nitrogen and oxygen atoms in total. The molecule has 5 heteroatoms. The van der Waals surface area contributed by atoms with E-state index in [9.17, 15) is 0 Å². The fourth-order valence-corrected chi connectivity index (χ4v) is 2.68. The molecule has 1 aromatic heterocycles. The van der Waals surface area contributed by atoms with Gasteiger partial charge in [0.2, 0.25) is 0 Å². The lowest BCUT2D eigenvalue weighted by molar-refractivity contribution is 0.0525. The molecule has 0 radical (unpaired) electrons. The highest BCUT2D eigenvalue weighted by Gasteiger charge is 2.23. The number of nitrogen functional groups attached to an aromatic ring is 1. The molecule has 1 aromatic rings. The second kappa shape index (κ2) is 6.70. The summed E-state index contributed by atoms with van der Waals surface area (Å²) in [4.78, 5) is 10.9. The van der Waals surface area contributed by atoms with Gasteiger partial charge in [0.25, 0.3) is 0 Å². The molecule has 0 spiro atoms. The molecule has 0 aromatic carbocycles. The Balaban J connectivity index is 2.18. The maximum absolute atomic E-state index is 6.00. The van der Waals surface area contributed by atoms with Crippen LogP contribution in [0.5, 0.6) is 0 Å². The average molecular weight is 264 g/mol. The minimum absolute atomic E-state index is 0.310. The van der Waals surface area contributed by atoms with Gasteiger partial charge in [-0.1, -0.05) is 13.3 Å². The first-order valence-corrected chi connectivity index (χ1v) is 7.22. The van der Waals surface area contributed by atoms with E-state index in [1.165, 1.54) is 0 Å². The minimum Gasteiger partial charge on any atom is -0.383 e. The Morgan fingerprint density at radius 1 is 1.42 bits per heavy atom. The maximum atomic E-state index is 6.00. The van der Waals surface area contributed by atoms with Crippen LogP contribution in [-0.4, -0.2) is 35.8 Å². The first kappa shape index (κ1) is 14.1. The largest absolute Gasteiger partial charge is 0.383 e. The van der Waals surface area contributed by atoms with Crippen LogP contribution in [0, 0.1) is 0 Å². The number of aromatic nitrogens is 2. The smallest absolute Gasteiger partial charge is 0.137 e. The third kappa shape index (κ3) is 3.35. The van der Waals surface area contributed by atoms with Crippen molar-refractivity contribution in [2.75, 3.05) is 30.3 Å². The van der Waals surface area contributed by atoms with Gasteiger partial charge in [0, 0.05) is 25.3 Å². The van der Waals surface area contributed by atoms with Crippen LogP contribution in [0.15, 0.2) is 6.33 Å². The fourth-order valence-electron chi connectivity index (χ4n) is 2.68. The lowest BCUT2D eigenvalue weighted by Crippen LogP contribution is -2.40. The summed E-state index contributed by atoms with van der Waals surface area (Å²) >= 11 is 0. The number of anilines is 2. The van der Waals surface area contributed by atoms with Crippen molar-refractivity contribution in [1.82, 2.24) is 9.97 Å². The second-order valence-corrected chi connectivity index (χ2v) is 4.98. The van der Waals surface area contributed by atoms with Gasteiger partial charge in [0.15, 0.2) is 0 Å². The molecule has 2 rings (SSSR count). The number of nitrogens with zero attached hydrogens (tertiary/aromatic N) is 3. The van der Waals surface area contributed by atoms with E-state index in [-0.39, 0.29) is 0 Å². The van der Waals surface area contributed by atoms with E-state index in [1.54, 1.807) is 6.33 Å². The van der Waals surface area contributed by atoms with Crippen LogP contribution < -0.4 is 10.6 Å². The molecule has 1 unspecified atom stereocenters. The van der Waals surface area contributed by atoms with Crippen LogP contribution in [0.4, 0.5) is 11.6 Å². The van der Waals surface area contributed by atoms with E-state index in [0.29, 0.717) is 11.9 Å². The molecule has 2 N–H and O–H groups in total. The predicted molar refractivity (Wildman–Crippen MR) is 77.3 cm³/mol. The summed E-state index contributed by atoms with van der Waals surface area (Å²) in [6.45, 7) is 6.89. The van der Waals surface area contributed by atoms with Crippen LogP contribution >= 0.6 is 0 Å². The zero-order valence-electron chi connectivity index (χ0n) is 11.9. The summed E-state index contributed by atoms with van der Waals surface area (Å²) in [5.74, 6) is 1.61. The Morgan fingerprint density at radius 3 is 3.00 bits per heavy atom. The Labute approximate surface area is 115 Å². The molecule has 19 heavy (non-hydrogen) atoms. The zero-order chi connectivity index (χ0) is 13.7. The summed E-state index contributed by atoms with van der Waals surface area (Å²) in [6.07, 6.45) is 6.12. The lowest BCUT2D eigenvalue weighted by Gasteiger charge is -2.34.